The molecule has 2 bridgehead atoms. The molecule has 2 aliphatic carbocycles. The van der Waals surface area contributed by atoms with Crippen molar-refractivity contribution in [3.63, 3.8) is 0 Å². The van der Waals surface area contributed by atoms with Gasteiger partial charge in [-0.25, -0.2) is 0 Å². The number of hydrogen-bond acceptors (Lipinski definition) is 3. The van der Waals surface area contributed by atoms with Gasteiger partial charge in [-0.05, 0) is 47.8 Å². The van der Waals surface area contributed by atoms with Gasteiger partial charge >= 0.3 is 0 Å². The third-order valence-corrected chi connectivity index (χ3v) is 7.03. The van der Waals surface area contributed by atoms with Crippen LogP contribution in [0.5, 0.6) is 0 Å². The largest absolute Gasteiger partial charge is 0.355 e. The van der Waals surface area contributed by atoms with Gasteiger partial charge in [0.1, 0.15) is 5.56 Å². The summed E-state index contributed by atoms with van der Waals surface area (Å²) < 4.78 is 1.60. The lowest BCUT2D eigenvalue weighted by Crippen LogP contribution is -2.43. The van der Waals surface area contributed by atoms with Crippen molar-refractivity contribution in [2.24, 2.45) is 17.8 Å². The number of benzene rings is 1. The van der Waals surface area contributed by atoms with Gasteiger partial charge < -0.3 is 14.8 Å². The number of nitrogens with one attached hydrogen (secondary N) is 1. The highest BCUT2D eigenvalue weighted by atomic mass is 16.2. The van der Waals surface area contributed by atoms with E-state index in [9.17, 15) is 14.4 Å². The molecule has 1 fully saturated rings. The number of pyridine rings is 1. The number of amides is 2. The number of aromatic nitrogens is 1. The van der Waals surface area contributed by atoms with Gasteiger partial charge in [-0.2, -0.15) is 0 Å². The number of hydrogen-bond donors (Lipinski definition) is 1. The minimum atomic E-state index is -0.360. The summed E-state index contributed by atoms with van der Waals surface area (Å²) in [6.45, 7) is 1.39. The molecule has 1 N–H and O–H groups in total. The maximum absolute atomic E-state index is 13.3. The first-order valence-electron chi connectivity index (χ1n) is 11.0. The first-order chi connectivity index (χ1) is 15.0. The molecule has 160 valence electrons. The van der Waals surface area contributed by atoms with Gasteiger partial charge in [-0.15, -0.1) is 0 Å². The number of rotatable bonds is 4. The number of carbonyl (C=O) groups excluding carboxylic acids is 2. The lowest BCUT2D eigenvalue weighted by atomic mass is 9.90. The van der Waals surface area contributed by atoms with E-state index in [2.05, 4.69) is 17.5 Å². The predicted octanol–water partition coefficient (Wildman–Crippen LogP) is 2.35. The van der Waals surface area contributed by atoms with E-state index >= 15 is 0 Å². The second-order valence-electron chi connectivity index (χ2n) is 8.90. The second-order valence-corrected chi connectivity index (χ2v) is 8.90. The summed E-state index contributed by atoms with van der Waals surface area (Å²) >= 11 is 0. The van der Waals surface area contributed by atoms with Crippen LogP contribution >= 0.6 is 0 Å². The first kappa shape index (κ1) is 19.8. The molecule has 5 rings (SSSR count). The molecule has 3 aliphatic rings. The normalized spacial score (nSPS) is 23.6. The van der Waals surface area contributed by atoms with Gasteiger partial charge in [0.05, 0.1) is 6.54 Å². The second kappa shape index (κ2) is 7.84. The van der Waals surface area contributed by atoms with Crippen molar-refractivity contribution < 1.29 is 9.59 Å². The summed E-state index contributed by atoms with van der Waals surface area (Å²) in [5.74, 6) is 0.843. The van der Waals surface area contributed by atoms with E-state index in [1.807, 2.05) is 41.4 Å². The molecule has 0 spiro atoms. The fourth-order valence-corrected chi connectivity index (χ4v) is 5.46. The Morgan fingerprint density at radius 3 is 2.61 bits per heavy atom. The van der Waals surface area contributed by atoms with Crippen molar-refractivity contribution in [1.29, 1.82) is 0 Å². The molecule has 1 aromatic carbocycles. The van der Waals surface area contributed by atoms with Crippen LogP contribution in [0.25, 0.3) is 0 Å². The molecule has 0 unspecified atom stereocenters. The molecule has 1 aromatic heterocycles. The van der Waals surface area contributed by atoms with Gasteiger partial charge in [-0.1, -0.05) is 42.5 Å². The first-order valence-corrected chi connectivity index (χ1v) is 11.0. The Bertz CT molecular complexity index is 1120. The Labute approximate surface area is 181 Å². The summed E-state index contributed by atoms with van der Waals surface area (Å²) in [5, 5.41) is 2.62. The van der Waals surface area contributed by atoms with Crippen molar-refractivity contribution in [2.45, 2.75) is 32.4 Å². The molecule has 2 heterocycles. The summed E-state index contributed by atoms with van der Waals surface area (Å²) in [4.78, 5) is 41.0. The van der Waals surface area contributed by atoms with E-state index in [-0.39, 0.29) is 28.9 Å². The zero-order valence-corrected chi connectivity index (χ0v) is 17.7. The fraction of sp³-hybridized carbons (Fsp3) is 0.400. The SMILES string of the molecule is CNC(=O)c1c2c(cn(Cc3ccccc3)c1=O)CN(C(=O)[C@H]1C[C@@H]3C=C[C@H]1C3)CC2. The maximum atomic E-state index is 13.3. The zero-order valence-electron chi connectivity index (χ0n) is 17.7. The molecule has 1 aliphatic heterocycles. The molecule has 1 saturated carbocycles. The minimum absolute atomic E-state index is 0.0742. The quantitative estimate of drug-likeness (QED) is 0.777. The van der Waals surface area contributed by atoms with Crippen LogP contribution in [0, 0.1) is 17.8 Å². The molecule has 2 amide bonds. The molecule has 6 heteroatoms. The van der Waals surface area contributed by atoms with Crippen LogP contribution in [-0.4, -0.2) is 34.9 Å². The van der Waals surface area contributed by atoms with Gasteiger partial charge in [0.25, 0.3) is 11.5 Å². The number of fused-ring (bicyclic) bond motifs is 3. The van der Waals surface area contributed by atoms with Crippen LogP contribution < -0.4 is 10.9 Å². The summed E-state index contributed by atoms with van der Waals surface area (Å²) in [6, 6.07) is 9.72. The Hall–Kier alpha value is -3.15. The topological polar surface area (TPSA) is 71.4 Å². The lowest BCUT2D eigenvalue weighted by molar-refractivity contribution is -0.137. The molecular weight excluding hydrogens is 390 g/mol. The van der Waals surface area contributed by atoms with E-state index in [0.29, 0.717) is 37.9 Å². The Morgan fingerprint density at radius 1 is 1.13 bits per heavy atom. The van der Waals surface area contributed by atoms with Crippen molar-refractivity contribution in [3.8, 4) is 0 Å². The summed E-state index contributed by atoms with van der Waals surface area (Å²) in [7, 11) is 1.55. The van der Waals surface area contributed by atoms with E-state index in [0.717, 1.165) is 29.5 Å². The van der Waals surface area contributed by atoms with E-state index in [4.69, 9.17) is 0 Å². The Kier molecular flexibility index (Phi) is 5.00. The van der Waals surface area contributed by atoms with Crippen LogP contribution in [0.4, 0.5) is 0 Å². The number of carbonyl (C=O) groups is 2. The van der Waals surface area contributed by atoms with Crippen LogP contribution in [0.1, 0.15) is 39.9 Å². The highest BCUT2D eigenvalue weighted by Crippen LogP contribution is 2.44. The van der Waals surface area contributed by atoms with Gasteiger partial charge in [0.15, 0.2) is 0 Å². The standard InChI is InChI=1S/C25H27N3O3/c1-26-23(29)22-20-9-10-27(24(30)21-12-17-7-8-18(21)11-17)14-19(20)15-28(25(22)31)13-16-5-3-2-4-6-16/h2-8,15,17-18,21H,9-14H2,1H3,(H,26,29)/t17-,18+,21+/m1/s1. The van der Waals surface area contributed by atoms with Gasteiger partial charge in [0.2, 0.25) is 5.91 Å². The number of allylic oxidation sites excluding steroid dienone is 2. The molecule has 3 atom stereocenters. The lowest BCUT2D eigenvalue weighted by Gasteiger charge is -2.33. The predicted molar refractivity (Wildman–Crippen MR) is 118 cm³/mol. The van der Waals surface area contributed by atoms with E-state index < -0.39 is 0 Å². The third kappa shape index (κ3) is 3.50. The minimum Gasteiger partial charge on any atom is -0.355 e. The van der Waals surface area contributed by atoms with Crippen LogP contribution in [0.15, 0.2) is 53.5 Å². The average Bonchev–Trinajstić information content (AvgIpc) is 3.43. The van der Waals surface area contributed by atoms with Crippen LogP contribution in [-0.2, 0) is 24.3 Å². The van der Waals surface area contributed by atoms with Gasteiger partial charge in [0, 0.05) is 32.3 Å². The molecule has 0 radical (unpaired) electrons. The van der Waals surface area contributed by atoms with Crippen LogP contribution in [0.2, 0.25) is 0 Å². The monoisotopic (exact) mass is 417 g/mol. The Morgan fingerprint density at radius 2 is 1.94 bits per heavy atom. The molecule has 6 nitrogen and oxygen atoms in total. The van der Waals surface area contributed by atoms with E-state index in [1.165, 1.54) is 0 Å². The highest BCUT2D eigenvalue weighted by Gasteiger charge is 2.42. The van der Waals surface area contributed by atoms with Crippen molar-refractivity contribution in [2.75, 3.05) is 13.6 Å². The highest BCUT2D eigenvalue weighted by molar-refractivity contribution is 5.95. The van der Waals surface area contributed by atoms with Crippen molar-refractivity contribution in [1.82, 2.24) is 14.8 Å². The van der Waals surface area contributed by atoms with Crippen molar-refractivity contribution in [3.05, 3.63) is 81.3 Å². The van der Waals surface area contributed by atoms with E-state index in [1.54, 1.807) is 11.6 Å². The molecule has 31 heavy (non-hydrogen) atoms. The third-order valence-electron chi connectivity index (χ3n) is 7.03. The average molecular weight is 418 g/mol. The summed E-state index contributed by atoms with van der Waals surface area (Å²) in [6.07, 6.45) is 8.87. The molecular formula is C25H27N3O3. The zero-order chi connectivity index (χ0) is 21.5. The van der Waals surface area contributed by atoms with Crippen LogP contribution in [0.3, 0.4) is 0 Å². The number of nitrogens with zero attached hydrogens (tertiary/aromatic N) is 2. The summed E-state index contributed by atoms with van der Waals surface area (Å²) in [5.41, 5.74) is 2.61. The maximum Gasteiger partial charge on any atom is 0.264 e. The smallest absolute Gasteiger partial charge is 0.264 e. The van der Waals surface area contributed by atoms with Gasteiger partial charge in [-0.3, -0.25) is 14.4 Å². The van der Waals surface area contributed by atoms with Crippen molar-refractivity contribution >= 4 is 11.8 Å². The molecule has 2 aromatic rings. The Balaban J connectivity index is 1.48. The molecule has 0 saturated heterocycles. The fourth-order valence-electron chi connectivity index (χ4n) is 5.46.